The molecule has 0 amide bonds. The molecule has 0 aliphatic heterocycles. The van der Waals surface area contributed by atoms with Crippen LogP contribution in [0.25, 0.3) is 11.1 Å². The Hall–Kier alpha value is -2.49. The minimum atomic E-state index is -4.69. The zero-order valence-electron chi connectivity index (χ0n) is 9.67. The predicted octanol–water partition coefficient (Wildman–Crippen LogP) is 3.92. The molecule has 0 bridgehead atoms. The molecule has 0 aliphatic rings. The minimum Gasteiger partial charge on any atom is -0.225 e. The zero-order valence-corrected chi connectivity index (χ0v) is 9.67. The second-order valence-electron chi connectivity index (χ2n) is 3.90. The van der Waals surface area contributed by atoms with E-state index < -0.39 is 23.5 Å². The lowest BCUT2D eigenvalue weighted by molar-refractivity contribution is -0.137. The highest BCUT2D eigenvalue weighted by Crippen LogP contribution is 2.34. The van der Waals surface area contributed by atoms with E-state index in [1.54, 1.807) is 6.07 Å². The van der Waals surface area contributed by atoms with Gasteiger partial charge in [0.1, 0.15) is 5.82 Å². The summed E-state index contributed by atoms with van der Waals surface area (Å²) in [4.78, 5) is 3.05. The molecule has 2 rings (SSSR count). The Morgan fingerprint density at radius 2 is 1.75 bits per heavy atom. The SMILES string of the molecule is N#Cc1cc(-c2cc(F)ncc2F)cc(C(F)(F)F)c1. The van der Waals surface area contributed by atoms with Gasteiger partial charge in [-0.15, -0.1) is 0 Å². The molecule has 1 aromatic heterocycles. The molecule has 0 spiro atoms. The molecule has 0 atom stereocenters. The molecule has 0 saturated heterocycles. The Balaban J connectivity index is 2.68. The first-order valence-electron chi connectivity index (χ1n) is 5.25. The van der Waals surface area contributed by atoms with Crippen molar-refractivity contribution < 1.29 is 22.0 Å². The van der Waals surface area contributed by atoms with Crippen LogP contribution < -0.4 is 0 Å². The van der Waals surface area contributed by atoms with Gasteiger partial charge >= 0.3 is 6.18 Å². The van der Waals surface area contributed by atoms with Crippen molar-refractivity contribution in [1.82, 2.24) is 4.98 Å². The maximum absolute atomic E-state index is 13.5. The van der Waals surface area contributed by atoms with Crippen molar-refractivity contribution in [3.63, 3.8) is 0 Å². The van der Waals surface area contributed by atoms with E-state index in [2.05, 4.69) is 4.98 Å². The molecular formula is C13H5F5N2. The van der Waals surface area contributed by atoms with Crippen LogP contribution in [0.2, 0.25) is 0 Å². The summed E-state index contributed by atoms with van der Waals surface area (Å²) in [5.41, 5.74) is -2.04. The van der Waals surface area contributed by atoms with Crippen molar-refractivity contribution >= 4 is 0 Å². The van der Waals surface area contributed by atoms with Gasteiger partial charge in [0.15, 0.2) is 0 Å². The molecule has 2 aromatic rings. The first-order chi connectivity index (χ1) is 9.31. The van der Waals surface area contributed by atoms with E-state index in [1.165, 1.54) is 0 Å². The number of hydrogen-bond donors (Lipinski definition) is 0. The number of hydrogen-bond acceptors (Lipinski definition) is 2. The van der Waals surface area contributed by atoms with E-state index in [9.17, 15) is 22.0 Å². The average molecular weight is 284 g/mol. The van der Waals surface area contributed by atoms with Crippen LogP contribution in [0.3, 0.4) is 0 Å². The maximum atomic E-state index is 13.5. The van der Waals surface area contributed by atoms with Crippen molar-refractivity contribution in [2.24, 2.45) is 0 Å². The lowest BCUT2D eigenvalue weighted by atomic mass is 10.0. The monoisotopic (exact) mass is 284 g/mol. The molecule has 0 aliphatic carbocycles. The van der Waals surface area contributed by atoms with Crippen LogP contribution in [0, 0.1) is 23.1 Å². The fraction of sp³-hybridized carbons (Fsp3) is 0.0769. The van der Waals surface area contributed by atoms with E-state index in [0.717, 1.165) is 6.07 Å². The summed E-state index contributed by atoms with van der Waals surface area (Å²) in [6.45, 7) is 0. The highest BCUT2D eigenvalue weighted by molar-refractivity contribution is 5.66. The van der Waals surface area contributed by atoms with Crippen molar-refractivity contribution in [2.45, 2.75) is 6.18 Å². The van der Waals surface area contributed by atoms with Crippen LogP contribution in [0.4, 0.5) is 22.0 Å². The third-order valence-electron chi connectivity index (χ3n) is 2.52. The molecule has 1 heterocycles. The summed E-state index contributed by atoms with van der Waals surface area (Å²) in [7, 11) is 0. The second-order valence-corrected chi connectivity index (χ2v) is 3.90. The number of nitrogens with zero attached hydrogens (tertiary/aromatic N) is 2. The fourth-order valence-corrected chi connectivity index (χ4v) is 1.65. The first kappa shape index (κ1) is 13.9. The fourth-order valence-electron chi connectivity index (χ4n) is 1.65. The highest BCUT2D eigenvalue weighted by Gasteiger charge is 2.31. The molecular weight excluding hydrogens is 279 g/mol. The van der Waals surface area contributed by atoms with Gasteiger partial charge in [-0.1, -0.05) is 0 Å². The van der Waals surface area contributed by atoms with Crippen LogP contribution in [0.5, 0.6) is 0 Å². The number of alkyl halides is 3. The van der Waals surface area contributed by atoms with Crippen molar-refractivity contribution in [3.8, 4) is 17.2 Å². The molecule has 0 unspecified atom stereocenters. The lowest BCUT2D eigenvalue weighted by Gasteiger charge is -2.10. The Kier molecular flexibility index (Phi) is 3.40. The largest absolute Gasteiger partial charge is 0.416 e. The number of aromatic nitrogens is 1. The molecule has 20 heavy (non-hydrogen) atoms. The summed E-state index contributed by atoms with van der Waals surface area (Å²) in [6.07, 6.45) is -4.12. The van der Waals surface area contributed by atoms with E-state index in [-0.39, 0.29) is 16.7 Å². The predicted molar refractivity (Wildman–Crippen MR) is 59.3 cm³/mol. The quantitative estimate of drug-likeness (QED) is 0.588. The van der Waals surface area contributed by atoms with Gasteiger partial charge in [-0.05, 0) is 23.8 Å². The van der Waals surface area contributed by atoms with Crippen LogP contribution in [-0.4, -0.2) is 4.98 Å². The van der Waals surface area contributed by atoms with Crippen molar-refractivity contribution in [2.75, 3.05) is 0 Å². The van der Waals surface area contributed by atoms with E-state index in [1.807, 2.05) is 0 Å². The number of halogens is 5. The minimum absolute atomic E-state index is 0.241. The van der Waals surface area contributed by atoms with Gasteiger partial charge in [-0.25, -0.2) is 9.37 Å². The van der Waals surface area contributed by atoms with Gasteiger partial charge in [0.2, 0.25) is 5.95 Å². The summed E-state index contributed by atoms with van der Waals surface area (Å²) >= 11 is 0. The Morgan fingerprint density at radius 3 is 2.35 bits per heavy atom. The molecule has 7 heteroatoms. The van der Waals surface area contributed by atoms with Gasteiger partial charge in [0.25, 0.3) is 0 Å². The average Bonchev–Trinajstić information content (AvgIpc) is 2.40. The third-order valence-corrected chi connectivity index (χ3v) is 2.52. The Labute approximate surface area is 110 Å². The van der Waals surface area contributed by atoms with E-state index in [0.29, 0.717) is 24.4 Å². The Morgan fingerprint density at radius 1 is 1.05 bits per heavy atom. The smallest absolute Gasteiger partial charge is 0.225 e. The third kappa shape index (κ3) is 2.74. The molecule has 0 fully saturated rings. The summed E-state index contributed by atoms with van der Waals surface area (Å²) in [5, 5.41) is 8.73. The number of nitriles is 1. The van der Waals surface area contributed by atoms with Gasteiger partial charge in [0.05, 0.1) is 23.4 Å². The van der Waals surface area contributed by atoms with Gasteiger partial charge in [-0.3, -0.25) is 0 Å². The molecule has 0 radical (unpaired) electrons. The number of benzene rings is 1. The van der Waals surface area contributed by atoms with Crippen molar-refractivity contribution in [3.05, 3.63) is 53.4 Å². The zero-order chi connectivity index (χ0) is 14.9. The summed E-state index contributed by atoms with van der Waals surface area (Å²) in [5.74, 6) is -2.01. The van der Waals surface area contributed by atoms with Crippen LogP contribution in [0.15, 0.2) is 30.5 Å². The summed E-state index contributed by atoms with van der Waals surface area (Å²) in [6, 6.07) is 4.56. The van der Waals surface area contributed by atoms with Gasteiger partial charge < -0.3 is 0 Å². The van der Waals surface area contributed by atoms with Crippen LogP contribution in [0.1, 0.15) is 11.1 Å². The van der Waals surface area contributed by atoms with Gasteiger partial charge in [-0.2, -0.15) is 22.8 Å². The molecule has 0 saturated carbocycles. The number of rotatable bonds is 1. The topological polar surface area (TPSA) is 36.7 Å². The lowest BCUT2D eigenvalue weighted by Crippen LogP contribution is -2.06. The van der Waals surface area contributed by atoms with Crippen LogP contribution in [-0.2, 0) is 6.18 Å². The number of pyridine rings is 1. The summed E-state index contributed by atoms with van der Waals surface area (Å²) < 4.78 is 64.6. The standard InChI is InChI=1S/C13H5F5N2/c14-11-6-20-12(15)4-10(11)8-1-7(5-19)2-9(3-8)13(16,17)18/h1-4,6H. The maximum Gasteiger partial charge on any atom is 0.416 e. The second kappa shape index (κ2) is 4.89. The molecule has 1 aromatic carbocycles. The first-order valence-corrected chi connectivity index (χ1v) is 5.25. The highest BCUT2D eigenvalue weighted by atomic mass is 19.4. The van der Waals surface area contributed by atoms with Crippen molar-refractivity contribution in [1.29, 1.82) is 5.26 Å². The Bertz CT molecular complexity index is 701. The van der Waals surface area contributed by atoms with E-state index in [4.69, 9.17) is 5.26 Å². The van der Waals surface area contributed by atoms with E-state index >= 15 is 0 Å². The molecule has 0 N–H and O–H groups in total. The normalized spacial score (nSPS) is 11.2. The van der Waals surface area contributed by atoms with Crippen LogP contribution >= 0.6 is 0 Å². The molecule has 102 valence electrons. The van der Waals surface area contributed by atoms with Gasteiger partial charge in [0, 0.05) is 11.6 Å². The molecule has 2 nitrogen and oxygen atoms in total.